The minimum Gasteiger partial charge on any atom is -0.503 e. The second-order valence-corrected chi connectivity index (χ2v) is 4.22. The first kappa shape index (κ1) is 10.2. The summed E-state index contributed by atoms with van der Waals surface area (Å²) in [5.41, 5.74) is 0.988. The van der Waals surface area contributed by atoms with E-state index in [0.29, 0.717) is 28.8 Å². The minimum atomic E-state index is -0.412. The van der Waals surface area contributed by atoms with E-state index >= 15 is 0 Å². The molecule has 0 unspecified atom stereocenters. The van der Waals surface area contributed by atoms with Crippen molar-refractivity contribution in [2.75, 3.05) is 0 Å². The molecular formula is C12H8ClNO3. The van der Waals surface area contributed by atoms with Crippen LogP contribution < -0.4 is 10.2 Å². The molecule has 0 saturated heterocycles. The van der Waals surface area contributed by atoms with Crippen molar-refractivity contribution in [2.45, 2.75) is 6.61 Å². The summed E-state index contributed by atoms with van der Waals surface area (Å²) in [6.45, 7) is 0.296. The first-order chi connectivity index (χ1) is 8.15. The smallest absolute Gasteiger partial charge is 0.223 e. The zero-order valence-electron chi connectivity index (χ0n) is 8.68. The van der Waals surface area contributed by atoms with Crippen LogP contribution in [0.25, 0.3) is 5.69 Å². The van der Waals surface area contributed by atoms with Gasteiger partial charge in [0.15, 0.2) is 5.75 Å². The number of nitrogens with zero attached hydrogens (tertiary/aromatic N) is 1. The predicted molar refractivity (Wildman–Crippen MR) is 63.0 cm³/mol. The van der Waals surface area contributed by atoms with Crippen LogP contribution in [0.5, 0.6) is 11.5 Å². The quantitative estimate of drug-likeness (QED) is 0.778. The Morgan fingerprint density at radius 2 is 2.18 bits per heavy atom. The molecule has 2 aromatic rings. The van der Waals surface area contributed by atoms with Gasteiger partial charge in [0.05, 0.1) is 17.6 Å². The highest BCUT2D eigenvalue weighted by molar-refractivity contribution is 6.30. The van der Waals surface area contributed by atoms with Gasteiger partial charge >= 0.3 is 0 Å². The van der Waals surface area contributed by atoms with Gasteiger partial charge in [0.2, 0.25) is 5.43 Å². The number of halogens is 1. The van der Waals surface area contributed by atoms with Crippen LogP contribution in [0.2, 0.25) is 5.02 Å². The fraction of sp³-hybridized carbons (Fsp3) is 0.0833. The number of rotatable bonds is 0. The third kappa shape index (κ3) is 1.57. The lowest BCUT2D eigenvalue weighted by molar-refractivity contribution is 0.282. The van der Waals surface area contributed by atoms with Crippen molar-refractivity contribution in [1.29, 1.82) is 0 Å². The van der Waals surface area contributed by atoms with Gasteiger partial charge in [0, 0.05) is 11.1 Å². The molecule has 1 aromatic heterocycles. The van der Waals surface area contributed by atoms with E-state index in [-0.39, 0.29) is 5.75 Å². The highest BCUT2D eigenvalue weighted by atomic mass is 35.5. The van der Waals surface area contributed by atoms with Crippen LogP contribution in [0.15, 0.2) is 35.3 Å². The van der Waals surface area contributed by atoms with Crippen molar-refractivity contribution in [3.05, 3.63) is 51.4 Å². The third-order valence-corrected chi connectivity index (χ3v) is 2.90. The zero-order chi connectivity index (χ0) is 12.0. The van der Waals surface area contributed by atoms with Crippen molar-refractivity contribution in [1.82, 2.24) is 4.57 Å². The molecule has 1 N–H and O–H groups in total. The van der Waals surface area contributed by atoms with Crippen LogP contribution in [-0.2, 0) is 6.61 Å². The Morgan fingerprint density at radius 3 is 3.00 bits per heavy atom. The number of benzene rings is 1. The molecule has 0 bridgehead atoms. The third-order valence-electron chi connectivity index (χ3n) is 2.67. The van der Waals surface area contributed by atoms with Crippen molar-refractivity contribution < 1.29 is 9.84 Å². The minimum absolute atomic E-state index is 0.290. The lowest BCUT2D eigenvalue weighted by Gasteiger charge is -2.23. The summed E-state index contributed by atoms with van der Waals surface area (Å²) in [6, 6.07) is 6.58. The average molecular weight is 250 g/mol. The molecule has 1 aliphatic heterocycles. The van der Waals surface area contributed by atoms with E-state index in [2.05, 4.69) is 0 Å². The maximum Gasteiger partial charge on any atom is 0.223 e. The second kappa shape index (κ2) is 3.53. The van der Waals surface area contributed by atoms with Gasteiger partial charge in [-0.25, -0.2) is 0 Å². The fourth-order valence-electron chi connectivity index (χ4n) is 1.85. The number of ether oxygens (including phenoxy) is 1. The van der Waals surface area contributed by atoms with E-state index < -0.39 is 5.43 Å². The summed E-state index contributed by atoms with van der Waals surface area (Å²) in [6.07, 6.45) is 1.38. The number of aromatic nitrogens is 1. The Hall–Kier alpha value is -1.94. The number of hydrogen-bond acceptors (Lipinski definition) is 3. The van der Waals surface area contributed by atoms with Crippen LogP contribution in [-0.4, -0.2) is 9.67 Å². The van der Waals surface area contributed by atoms with Gasteiger partial charge in [-0.3, -0.25) is 4.79 Å². The lowest BCUT2D eigenvalue weighted by atomic mass is 10.2. The Bertz CT molecular complexity index is 663. The summed E-state index contributed by atoms with van der Waals surface area (Å²) in [7, 11) is 0. The number of hydrogen-bond donors (Lipinski definition) is 1. The predicted octanol–water partition coefficient (Wildman–Crippen LogP) is 2.09. The van der Waals surface area contributed by atoms with Crippen molar-refractivity contribution in [2.24, 2.45) is 0 Å². The Morgan fingerprint density at radius 1 is 1.35 bits per heavy atom. The molecule has 1 aliphatic rings. The molecule has 0 saturated carbocycles. The molecule has 0 atom stereocenters. The fourth-order valence-corrected chi connectivity index (χ4v) is 2.02. The van der Waals surface area contributed by atoms with Crippen LogP contribution in [0.3, 0.4) is 0 Å². The first-order valence-corrected chi connectivity index (χ1v) is 5.40. The maximum atomic E-state index is 11.3. The van der Waals surface area contributed by atoms with E-state index in [1.54, 1.807) is 22.8 Å². The molecule has 0 spiro atoms. The number of pyridine rings is 1. The molecule has 17 heavy (non-hydrogen) atoms. The molecule has 5 heteroatoms. The standard InChI is InChI=1S/C12H8ClNO3/c13-7-1-2-12-9(3-7)14-5-11(16)10(15)4-8(14)6-17-12/h1-5,16H,6H2. The summed E-state index contributed by atoms with van der Waals surface area (Å²) < 4.78 is 7.21. The van der Waals surface area contributed by atoms with Crippen molar-refractivity contribution in [3.63, 3.8) is 0 Å². The largest absolute Gasteiger partial charge is 0.503 e. The molecule has 0 radical (unpaired) electrons. The summed E-state index contributed by atoms with van der Waals surface area (Å²) in [4.78, 5) is 11.3. The van der Waals surface area contributed by atoms with Crippen LogP contribution in [0.1, 0.15) is 5.69 Å². The highest BCUT2D eigenvalue weighted by Gasteiger charge is 2.17. The van der Waals surface area contributed by atoms with E-state index in [0.717, 1.165) is 0 Å². The topological polar surface area (TPSA) is 51.5 Å². The Balaban J connectivity index is 2.31. The van der Waals surface area contributed by atoms with Crippen LogP contribution in [0.4, 0.5) is 0 Å². The summed E-state index contributed by atoms with van der Waals surface area (Å²) in [5.74, 6) is 0.381. The summed E-state index contributed by atoms with van der Waals surface area (Å²) in [5, 5.41) is 10.0. The maximum absolute atomic E-state index is 11.3. The number of aromatic hydroxyl groups is 1. The molecule has 0 aliphatic carbocycles. The molecule has 4 nitrogen and oxygen atoms in total. The molecule has 2 heterocycles. The van der Waals surface area contributed by atoms with Gasteiger partial charge in [0.1, 0.15) is 12.4 Å². The SMILES string of the molecule is O=c1cc2n(cc1O)-c1cc(Cl)ccc1OC2. The van der Waals surface area contributed by atoms with Crippen molar-refractivity contribution in [3.8, 4) is 17.2 Å². The molecule has 1 aromatic carbocycles. The molecular weight excluding hydrogens is 242 g/mol. The zero-order valence-corrected chi connectivity index (χ0v) is 9.44. The Labute approximate surface area is 102 Å². The molecule has 0 amide bonds. The normalized spacial score (nSPS) is 12.5. The van der Waals surface area contributed by atoms with Gasteiger partial charge in [0.25, 0.3) is 0 Å². The first-order valence-electron chi connectivity index (χ1n) is 5.02. The molecule has 86 valence electrons. The van der Waals surface area contributed by atoms with Gasteiger partial charge in [-0.1, -0.05) is 11.6 Å². The van der Waals surface area contributed by atoms with Crippen molar-refractivity contribution >= 4 is 11.6 Å². The van der Waals surface area contributed by atoms with Gasteiger partial charge in [-0.05, 0) is 18.2 Å². The molecule has 0 fully saturated rings. The lowest BCUT2D eigenvalue weighted by Crippen LogP contribution is -2.17. The monoisotopic (exact) mass is 249 g/mol. The average Bonchev–Trinajstić information content (AvgIpc) is 2.31. The Kier molecular flexibility index (Phi) is 2.12. The van der Waals surface area contributed by atoms with Gasteiger partial charge in [-0.2, -0.15) is 0 Å². The second-order valence-electron chi connectivity index (χ2n) is 3.78. The van der Waals surface area contributed by atoms with Crippen LogP contribution in [0, 0.1) is 0 Å². The van der Waals surface area contributed by atoms with E-state index in [9.17, 15) is 9.90 Å². The van der Waals surface area contributed by atoms with E-state index in [1.165, 1.54) is 12.3 Å². The van der Waals surface area contributed by atoms with Crippen LogP contribution >= 0.6 is 11.6 Å². The van der Waals surface area contributed by atoms with Gasteiger partial charge in [-0.15, -0.1) is 0 Å². The molecule has 3 rings (SSSR count). The van der Waals surface area contributed by atoms with E-state index in [4.69, 9.17) is 16.3 Å². The van der Waals surface area contributed by atoms with E-state index in [1.807, 2.05) is 0 Å². The highest BCUT2D eigenvalue weighted by Crippen LogP contribution is 2.32. The number of fused-ring (bicyclic) bond motifs is 3. The summed E-state index contributed by atoms with van der Waals surface area (Å²) >= 11 is 5.92. The van der Waals surface area contributed by atoms with Gasteiger partial charge < -0.3 is 14.4 Å².